The average Bonchev–Trinajstić information content (AvgIpc) is 2.82. The Balaban J connectivity index is 1.34. The first-order chi connectivity index (χ1) is 16.1. The Morgan fingerprint density at radius 1 is 1.27 bits per heavy atom. The van der Waals surface area contributed by atoms with E-state index in [0.29, 0.717) is 31.3 Å². The highest BCUT2D eigenvalue weighted by atomic mass is 16.6. The van der Waals surface area contributed by atoms with E-state index < -0.39 is 0 Å². The lowest BCUT2D eigenvalue weighted by Gasteiger charge is -2.25. The lowest BCUT2D eigenvalue weighted by atomic mass is 9.95. The van der Waals surface area contributed by atoms with E-state index in [2.05, 4.69) is 27.9 Å². The Hall–Kier alpha value is -3.83. The van der Waals surface area contributed by atoms with E-state index in [0.717, 1.165) is 28.8 Å². The van der Waals surface area contributed by atoms with Crippen LogP contribution in [-0.4, -0.2) is 59.4 Å². The molecule has 1 aromatic carbocycles. The highest BCUT2D eigenvalue weighted by Gasteiger charge is 2.24. The van der Waals surface area contributed by atoms with E-state index in [1.54, 1.807) is 22.9 Å². The number of ether oxygens (including phenoxy) is 3. The molecule has 168 valence electrons. The minimum atomic E-state index is -0.321. The summed E-state index contributed by atoms with van der Waals surface area (Å²) in [7, 11) is 3.99. The van der Waals surface area contributed by atoms with Crippen molar-refractivity contribution >= 4 is 0 Å². The van der Waals surface area contributed by atoms with E-state index in [9.17, 15) is 4.79 Å². The average molecular weight is 444 g/mol. The first-order valence-electron chi connectivity index (χ1n) is 10.8. The van der Waals surface area contributed by atoms with Gasteiger partial charge in [0, 0.05) is 29.9 Å². The summed E-state index contributed by atoms with van der Waals surface area (Å²) >= 11 is 0. The molecule has 33 heavy (non-hydrogen) atoms. The first kappa shape index (κ1) is 21.0. The number of hydrogen-bond donors (Lipinski definition) is 0. The van der Waals surface area contributed by atoms with Crippen LogP contribution in [0.2, 0.25) is 0 Å². The van der Waals surface area contributed by atoms with Crippen LogP contribution in [0.15, 0.2) is 47.4 Å². The predicted octanol–water partition coefficient (Wildman–Crippen LogP) is 1.99. The van der Waals surface area contributed by atoms with Gasteiger partial charge in [0.05, 0.1) is 12.2 Å². The Labute approximate surface area is 191 Å². The van der Waals surface area contributed by atoms with Crippen LogP contribution in [-0.2, 0) is 13.0 Å². The van der Waals surface area contributed by atoms with Gasteiger partial charge in [0.15, 0.2) is 11.9 Å². The lowest BCUT2D eigenvalue weighted by Crippen LogP contribution is -2.35. The zero-order valence-electron chi connectivity index (χ0n) is 18.6. The van der Waals surface area contributed by atoms with Crippen LogP contribution in [0.4, 0.5) is 0 Å². The van der Waals surface area contributed by atoms with E-state index in [4.69, 9.17) is 14.2 Å². The molecule has 8 heteroatoms. The third-order valence-electron chi connectivity index (χ3n) is 5.45. The Morgan fingerprint density at radius 3 is 3.06 bits per heavy atom. The van der Waals surface area contributed by atoms with Crippen molar-refractivity contribution in [2.75, 3.05) is 33.9 Å². The van der Waals surface area contributed by atoms with Crippen molar-refractivity contribution in [3.05, 3.63) is 64.2 Å². The quantitative estimate of drug-likeness (QED) is 0.570. The van der Waals surface area contributed by atoms with Crippen molar-refractivity contribution in [2.45, 2.75) is 19.1 Å². The SMILES string of the molecule is CN(C)CC#Cc1ccc2c(c1)CCn1c-2cc(OCC2COc3ncccc3O2)nc1=O. The minimum Gasteiger partial charge on any atom is -0.478 e. The lowest BCUT2D eigenvalue weighted by molar-refractivity contribution is 0.0486. The molecule has 0 radical (unpaired) electrons. The fourth-order valence-corrected chi connectivity index (χ4v) is 3.88. The third-order valence-corrected chi connectivity index (χ3v) is 5.45. The third kappa shape index (κ3) is 4.54. The normalized spacial score (nSPS) is 15.8. The smallest absolute Gasteiger partial charge is 0.351 e. The molecule has 0 spiro atoms. The van der Waals surface area contributed by atoms with Crippen LogP contribution < -0.4 is 19.9 Å². The maximum atomic E-state index is 12.7. The molecule has 2 aromatic heterocycles. The monoisotopic (exact) mass is 444 g/mol. The molecular weight excluding hydrogens is 420 g/mol. The van der Waals surface area contributed by atoms with Gasteiger partial charge in [0.2, 0.25) is 5.88 Å². The van der Waals surface area contributed by atoms with E-state index in [1.165, 1.54) is 0 Å². The number of aromatic nitrogens is 3. The van der Waals surface area contributed by atoms with Crippen LogP contribution in [0.25, 0.3) is 11.3 Å². The molecule has 3 aromatic rings. The van der Waals surface area contributed by atoms with Crippen LogP contribution in [0, 0.1) is 11.8 Å². The number of rotatable bonds is 4. The summed E-state index contributed by atoms with van der Waals surface area (Å²) in [5.41, 5.74) is 3.62. The van der Waals surface area contributed by atoms with Gasteiger partial charge in [-0.3, -0.25) is 9.47 Å². The second kappa shape index (κ2) is 8.96. The van der Waals surface area contributed by atoms with Crippen molar-refractivity contribution in [1.29, 1.82) is 0 Å². The van der Waals surface area contributed by atoms with Crippen LogP contribution >= 0.6 is 0 Å². The fourth-order valence-electron chi connectivity index (χ4n) is 3.88. The van der Waals surface area contributed by atoms with Crippen molar-refractivity contribution in [3.63, 3.8) is 0 Å². The molecule has 1 atom stereocenters. The molecule has 0 saturated carbocycles. The number of hydrogen-bond acceptors (Lipinski definition) is 7. The summed E-state index contributed by atoms with van der Waals surface area (Å²) in [6, 6.07) is 11.5. The molecule has 0 N–H and O–H groups in total. The largest absolute Gasteiger partial charge is 0.478 e. The number of aryl methyl sites for hydroxylation is 1. The fraction of sp³-hybridized carbons (Fsp3) is 0.320. The summed E-state index contributed by atoms with van der Waals surface area (Å²) in [4.78, 5) is 22.9. The van der Waals surface area contributed by atoms with Crippen molar-refractivity contribution in [3.8, 4) is 40.6 Å². The number of fused-ring (bicyclic) bond motifs is 4. The molecule has 2 aliphatic rings. The van der Waals surface area contributed by atoms with E-state index in [-0.39, 0.29) is 24.3 Å². The Morgan fingerprint density at radius 2 is 2.18 bits per heavy atom. The molecule has 0 aliphatic carbocycles. The molecule has 0 fully saturated rings. The summed E-state index contributed by atoms with van der Waals surface area (Å²) in [6.07, 6.45) is 2.09. The first-order valence-corrected chi connectivity index (χ1v) is 10.8. The molecule has 1 unspecified atom stereocenters. The van der Waals surface area contributed by atoms with Crippen LogP contribution in [0.1, 0.15) is 11.1 Å². The Kier molecular flexibility index (Phi) is 5.71. The van der Waals surface area contributed by atoms with E-state index >= 15 is 0 Å². The van der Waals surface area contributed by atoms with E-state index in [1.807, 2.05) is 37.2 Å². The highest BCUT2D eigenvalue weighted by Crippen LogP contribution is 2.31. The molecule has 0 saturated heterocycles. The van der Waals surface area contributed by atoms with Gasteiger partial charge in [0.1, 0.15) is 13.2 Å². The van der Waals surface area contributed by atoms with Crippen molar-refractivity contribution in [1.82, 2.24) is 19.4 Å². The maximum absolute atomic E-state index is 12.7. The summed E-state index contributed by atoms with van der Waals surface area (Å²) in [5, 5.41) is 0. The zero-order valence-corrected chi connectivity index (χ0v) is 18.6. The van der Waals surface area contributed by atoms with Crippen LogP contribution in [0.3, 0.4) is 0 Å². The maximum Gasteiger partial charge on any atom is 0.351 e. The molecule has 5 rings (SSSR count). The van der Waals surface area contributed by atoms with Gasteiger partial charge in [-0.05, 0) is 50.3 Å². The second-order valence-corrected chi connectivity index (χ2v) is 8.24. The molecule has 4 heterocycles. The Bertz CT molecular complexity index is 1310. The van der Waals surface area contributed by atoms with Gasteiger partial charge in [0.25, 0.3) is 5.88 Å². The van der Waals surface area contributed by atoms with Crippen molar-refractivity contribution < 1.29 is 14.2 Å². The van der Waals surface area contributed by atoms with Gasteiger partial charge in [-0.2, -0.15) is 4.98 Å². The second-order valence-electron chi connectivity index (χ2n) is 8.24. The van der Waals surface area contributed by atoms with Gasteiger partial charge < -0.3 is 14.2 Å². The topological polar surface area (TPSA) is 78.7 Å². The molecule has 2 aliphatic heterocycles. The number of benzene rings is 1. The summed E-state index contributed by atoms with van der Waals surface area (Å²) < 4.78 is 19.0. The number of nitrogens with zero attached hydrogens (tertiary/aromatic N) is 4. The van der Waals surface area contributed by atoms with Gasteiger partial charge in [-0.1, -0.05) is 17.9 Å². The van der Waals surface area contributed by atoms with Crippen molar-refractivity contribution in [2.24, 2.45) is 0 Å². The molecular formula is C25H24N4O4. The van der Waals surface area contributed by atoms with Gasteiger partial charge >= 0.3 is 5.69 Å². The zero-order chi connectivity index (χ0) is 22.8. The predicted molar refractivity (Wildman–Crippen MR) is 123 cm³/mol. The molecule has 8 nitrogen and oxygen atoms in total. The summed E-state index contributed by atoms with van der Waals surface area (Å²) in [6.45, 7) is 1.80. The van der Waals surface area contributed by atoms with Gasteiger partial charge in [-0.25, -0.2) is 9.78 Å². The summed E-state index contributed by atoms with van der Waals surface area (Å²) in [5.74, 6) is 7.70. The number of pyridine rings is 1. The van der Waals surface area contributed by atoms with Crippen LogP contribution in [0.5, 0.6) is 17.5 Å². The molecule has 0 amide bonds. The van der Waals surface area contributed by atoms with Gasteiger partial charge in [-0.15, -0.1) is 0 Å². The molecule has 0 bridgehead atoms. The standard InChI is InChI=1S/C25H24N4O4/c1-28(2)11-4-5-17-7-8-20-18(13-17)9-12-29-21(20)14-23(27-25(29)30)31-15-19-16-32-24-22(33-19)6-3-10-26-24/h3,6-8,10,13-14,19H,9,11-12,15-16H2,1-2H3. The minimum absolute atomic E-state index is 0.206. The highest BCUT2D eigenvalue weighted by molar-refractivity contribution is 5.68.